The summed E-state index contributed by atoms with van der Waals surface area (Å²) in [4.78, 5) is 27.2. The topological polar surface area (TPSA) is 82.8 Å². The quantitative estimate of drug-likeness (QED) is 0.181. The zero-order valence-electron chi connectivity index (χ0n) is 19.9. The van der Waals surface area contributed by atoms with Crippen molar-refractivity contribution >= 4 is 52.3 Å². The van der Waals surface area contributed by atoms with Crippen LogP contribution in [-0.4, -0.2) is 37.0 Å². The summed E-state index contributed by atoms with van der Waals surface area (Å²) in [5, 5.41) is 12.6. The van der Waals surface area contributed by atoms with Gasteiger partial charge in [-0.2, -0.15) is 0 Å². The molecule has 1 aromatic heterocycles. The Morgan fingerprint density at radius 1 is 0.973 bits per heavy atom. The Morgan fingerprint density at radius 2 is 1.70 bits per heavy atom. The number of amides is 1. The summed E-state index contributed by atoms with van der Waals surface area (Å²) < 4.78 is 5.68. The summed E-state index contributed by atoms with van der Waals surface area (Å²) in [5.74, 6) is -0.0511. The van der Waals surface area contributed by atoms with E-state index in [0.717, 1.165) is 11.3 Å². The summed E-state index contributed by atoms with van der Waals surface area (Å²) in [7, 11) is 1.90. The van der Waals surface area contributed by atoms with E-state index in [9.17, 15) is 9.59 Å². The second-order valence-corrected chi connectivity index (χ2v) is 9.02. The van der Waals surface area contributed by atoms with Crippen molar-refractivity contribution in [3.8, 4) is 11.3 Å². The first-order chi connectivity index (χ1) is 17.9. The molecule has 0 aliphatic rings. The van der Waals surface area contributed by atoms with Crippen LogP contribution in [0.1, 0.15) is 26.5 Å². The van der Waals surface area contributed by atoms with Crippen LogP contribution < -0.4 is 10.2 Å². The molecule has 1 amide bonds. The summed E-state index contributed by atoms with van der Waals surface area (Å²) >= 11 is 12.3. The normalized spacial score (nSPS) is 11.0. The van der Waals surface area contributed by atoms with E-state index in [-0.39, 0.29) is 18.2 Å². The van der Waals surface area contributed by atoms with Crippen LogP contribution in [0.2, 0.25) is 10.0 Å². The number of allylic oxidation sites excluding steroid dienone is 1. The van der Waals surface area contributed by atoms with Gasteiger partial charge in [0.05, 0.1) is 16.7 Å². The average Bonchev–Trinajstić information content (AvgIpc) is 3.40. The van der Waals surface area contributed by atoms with Crippen molar-refractivity contribution in [1.29, 1.82) is 0 Å². The van der Waals surface area contributed by atoms with Gasteiger partial charge < -0.3 is 19.7 Å². The van der Waals surface area contributed by atoms with Gasteiger partial charge in [-0.05, 0) is 72.3 Å². The lowest BCUT2D eigenvalue weighted by Gasteiger charge is -2.17. The van der Waals surface area contributed by atoms with Gasteiger partial charge in [0.1, 0.15) is 5.76 Å². The van der Waals surface area contributed by atoms with Crippen molar-refractivity contribution in [1.82, 2.24) is 0 Å². The summed E-state index contributed by atoms with van der Waals surface area (Å²) in [6.07, 6.45) is 3.25. The number of hydrogen-bond acceptors (Lipinski definition) is 5. The molecule has 1 heterocycles. The van der Waals surface area contributed by atoms with E-state index in [1.807, 2.05) is 36.2 Å². The molecule has 3 aromatic carbocycles. The van der Waals surface area contributed by atoms with E-state index in [1.54, 1.807) is 60.7 Å². The zero-order chi connectivity index (χ0) is 26.4. The highest BCUT2D eigenvalue weighted by Gasteiger charge is 2.15. The third-order valence-electron chi connectivity index (χ3n) is 5.67. The number of hydrogen-bond donors (Lipinski definition) is 2. The molecule has 2 N–H and O–H groups in total. The maximum atomic E-state index is 12.6. The smallest absolute Gasteiger partial charge is 0.291 e. The number of carbonyl (C=O) groups excluding carboxylic acids is 2. The summed E-state index contributed by atoms with van der Waals surface area (Å²) in [6.45, 7) is 0.628. The molecule has 0 aliphatic heterocycles. The fraction of sp³-hybridized carbons (Fsp3) is 0.103. The van der Waals surface area contributed by atoms with Gasteiger partial charge in [0.2, 0.25) is 0 Å². The standard InChI is InChI=1S/C29H24Cl2N2O4/c1-33(17-18-34)22-12-5-19(6-13-22)7-14-25(35)20-8-10-21(11-9-20)32-29(36)27-16-15-26(37-27)23-3-2-4-24(30)28(23)31/h2-16,34H,17-18H2,1H3,(H,32,36)/b14-7+. The lowest BCUT2D eigenvalue weighted by molar-refractivity contribution is 0.0996. The molecule has 37 heavy (non-hydrogen) atoms. The van der Waals surface area contributed by atoms with Gasteiger partial charge in [0.15, 0.2) is 11.5 Å². The molecule has 0 atom stereocenters. The first kappa shape index (κ1) is 26.2. The van der Waals surface area contributed by atoms with Crippen molar-refractivity contribution in [3.63, 3.8) is 0 Å². The minimum absolute atomic E-state index is 0.0816. The fourth-order valence-electron chi connectivity index (χ4n) is 3.60. The summed E-state index contributed by atoms with van der Waals surface area (Å²) in [5.41, 5.74) is 3.47. The number of carbonyl (C=O) groups is 2. The molecular formula is C29H24Cl2N2O4. The number of ketones is 1. The Labute approximate surface area is 224 Å². The highest BCUT2D eigenvalue weighted by atomic mass is 35.5. The number of aliphatic hydroxyl groups excluding tert-OH is 1. The molecule has 0 spiro atoms. The molecule has 0 radical (unpaired) electrons. The molecule has 6 nitrogen and oxygen atoms in total. The molecule has 188 valence electrons. The van der Waals surface area contributed by atoms with Crippen molar-refractivity contribution in [2.45, 2.75) is 0 Å². The highest BCUT2D eigenvalue weighted by Crippen LogP contribution is 2.34. The molecule has 0 fully saturated rings. The van der Waals surface area contributed by atoms with Crippen molar-refractivity contribution in [3.05, 3.63) is 112 Å². The van der Waals surface area contributed by atoms with Crippen molar-refractivity contribution < 1.29 is 19.1 Å². The first-order valence-corrected chi connectivity index (χ1v) is 12.2. The Hall–Kier alpha value is -3.84. The number of benzene rings is 3. The molecule has 0 aliphatic carbocycles. The number of rotatable bonds is 9. The highest BCUT2D eigenvalue weighted by molar-refractivity contribution is 6.43. The van der Waals surface area contributed by atoms with Gasteiger partial charge in [-0.15, -0.1) is 0 Å². The van der Waals surface area contributed by atoms with Crippen LogP contribution in [0.3, 0.4) is 0 Å². The predicted octanol–water partition coefficient (Wildman–Crippen LogP) is 6.83. The zero-order valence-corrected chi connectivity index (χ0v) is 21.5. The second-order valence-electron chi connectivity index (χ2n) is 8.23. The minimum atomic E-state index is -0.434. The maximum Gasteiger partial charge on any atom is 0.291 e. The third-order valence-corrected chi connectivity index (χ3v) is 6.49. The SMILES string of the molecule is CN(CCO)c1ccc(/C=C/C(=O)c2ccc(NC(=O)c3ccc(-c4cccc(Cl)c4Cl)o3)cc2)cc1. The Kier molecular flexibility index (Phi) is 8.46. The van der Waals surface area contributed by atoms with Gasteiger partial charge >= 0.3 is 0 Å². The van der Waals surface area contributed by atoms with Gasteiger partial charge in [0, 0.05) is 36.1 Å². The molecule has 0 saturated carbocycles. The van der Waals surface area contributed by atoms with E-state index in [4.69, 9.17) is 32.7 Å². The Bertz CT molecular complexity index is 1430. The maximum absolute atomic E-state index is 12.6. The van der Waals surface area contributed by atoms with E-state index >= 15 is 0 Å². The number of halogens is 2. The van der Waals surface area contributed by atoms with E-state index in [2.05, 4.69) is 5.32 Å². The molecule has 0 bridgehead atoms. The number of nitrogens with zero attached hydrogens (tertiary/aromatic N) is 1. The van der Waals surface area contributed by atoms with Crippen molar-refractivity contribution in [2.24, 2.45) is 0 Å². The van der Waals surface area contributed by atoms with Gasteiger partial charge in [-0.3, -0.25) is 9.59 Å². The lowest BCUT2D eigenvalue weighted by atomic mass is 10.1. The van der Waals surface area contributed by atoms with Gasteiger partial charge in [-0.1, -0.05) is 47.5 Å². The molecule has 8 heteroatoms. The van der Waals surface area contributed by atoms with E-state index in [0.29, 0.717) is 39.2 Å². The van der Waals surface area contributed by atoms with Gasteiger partial charge in [0.25, 0.3) is 5.91 Å². The summed E-state index contributed by atoms with van der Waals surface area (Å²) in [6, 6.07) is 22.7. The number of anilines is 2. The van der Waals surface area contributed by atoms with Crippen LogP contribution >= 0.6 is 23.2 Å². The monoisotopic (exact) mass is 534 g/mol. The molecule has 4 rings (SSSR count). The second kappa shape index (κ2) is 11.9. The first-order valence-electron chi connectivity index (χ1n) is 11.5. The number of aliphatic hydroxyl groups is 1. The van der Waals surface area contributed by atoms with Crippen LogP contribution in [-0.2, 0) is 0 Å². The van der Waals surface area contributed by atoms with Crippen LogP contribution in [0.5, 0.6) is 0 Å². The Balaban J connectivity index is 1.37. The molecule has 4 aromatic rings. The van der Waals surface area contributed by atoms with Crippen molar-refractivity contribution in [2.75, 3.05) is 30.4 Å². The van der Waals surface area contributed by atoms with Crippen LogP contribution in [0.25, 0.3) is 17.4 Å². The van der Waals surface area contributed by atoms with Crippen LogP contribution in [0.4, 0.5) is 11.4 Å². The average molecular weight is 535 g/mol. The lowest BCUT2D eigenvalue weighted by Crippen LogP contribution is -2.20. The van der Waals surface area contributed by atoms with Gasteiger partial charge in [-0.25, -0.2) is 0 Å². The van der Waals surface area contributed by atoms with E-state index < -0.39 is 5.91 Å². The Morgan fingerprint density at radius 3 is 2.41 bits per heavy atom. The minimum Gasteiger partial charge on any atom is -0.451 e. The third kappa shape index (κ3) is 6.49. The largest absolute Gasteiger partial charge is 0.451 e. The molecule has 0 saturated heterocycles. The number of nitrogens with one attached hydrogen (secondary N) is 1. The molecule has 0 unspecified atom stereocenters. The predicted molar refractivity (Wildman–Crippen MR) is 149 cm³/mol. The van der Waals surface area contributed by atoms with Crippen LogP contribution in [0.15, 0.2) is 89.4 Å². The number of furan rings is 1. The van der Waals surface area contributed by atoms with Crippen LogP contribution in [0, 0.1) is 0 Å². The van der Waals surface area contributed by atoms with E-state index in [1.165, 1.54) is 6.08 Å². The molecular weight excluding hydrogens is 511 g/mol. The number of likely N-dealkylation sites (N-methyl/N-ethyl adjacent to an activating group) is 1. The fourth-order valence-corrected chi connectivity index (χ4v) is 3.99.